The molecule has 0 amide bonds. The maximum absolute atomic E-state index is 6.31. The molecule has 0 unspecified atom stereocenters. The second kappa shape index (κ2) is 5.02. The van der Waals surface area contributed by atoms with E-state index in [-0.39, 0.29) is 5.54 Å². The molecule has 1 aromatic heterocycles. The van der Waals surface area contributed by atoms with Gasteiger partial charge in [0, 0.05) is 5.54 Å². The molecule has 108 valence electrons. The fourth-order valence-electron chi connectivity index (χ4n) is 2.48. The lowest BCUT2D eigenvalue weighted by Gasteiger charge is -2.24. The van der Waals surface area contributed by atoms with E-state index in [9.17, 15) is 0 Å². The molecule has 0 aliphatic rings. The first-order valence-electron chi connectivity index (χ1n) is 6.45. The molecule has 0 aliphatic heterocycles. The van der Waals surface area contributed by atoms with Crippen molar-refractivity contribution in [3.05, 3.63) is 29.0 Å². The number of nitrogen functional groups attached to an aromatic ring is 1. The van der Waals surface area contributed by atoms with Crippen molar-refractivity contribution >= 4 is 17.4 Å². The molecule has 0 radical (unpaired) electrons. The molecule has 0 saturated heterocycles. The molecule has 0 aliphatic carbocycles. The summed E-state index contributed by atoms with van der Waals surface area (Å²) in [7, 11) is 1.61. The second-order valence-corrected chi connectivity index (χ2v) is 6.12. The summed E-state index contributed by atoms with van der Waals surface area (Å²) in [6, 6.07) is 5.50. The Morgan fingerprint density at radius 1 is 1.30 bits per heavy atom. The van der Waals surface area contributed by atoms with Gasteiger partial charge in [0.15, 0.2) is 0 Å². The highest BCUT2D eigenvalue weighted by Crippen LogP contribution is 2.40. The predicted octanol–water partition coefficient (Wildman–Crippen LogP) is 3.86. The molecular weight excluding hydrogens is 274 g/mol. The highest BCUT2D eigenvalue weighted by Gasteiger charge is 2.25. The third-order valence-electron chi connectivity index (χ3n) is 3.18. The van der Waals surface area contributed by atoms with Crippen molar-refractivity contribution in [2.45, 2.75) is 33.2 Å². The Kier molecular flexibility index (Phi) is 3.69. The van der Waals surface area contributed by atoms with Gasteiger partial charge >= 0.3 is 0 Å². The molecule has 1 aromatic carbocycles. The van der Waals surface area contributed by atoms with Crippen molar-refractivity contribution in [3.8, 4) is 17.0 Å². The van der Waals surface area contributed by atoms with Gasteiger partial charge in [0.1, 0.15) is 23.1 Å². The number of rotatable bonds is 2. The van der Waals surface area contributed by atoms with E-state index in [1.165, 1.54) is 0 Å². The Morgan fingerprint density at radius 2 is 1.95 bits per heavy atom. The zero-order chi connectivity index (χ0) is 15.1. The lowest BCUT2D eigenvalue weighted by atomic mass is 10.1. The molecule has 4 nitrogen and oxygen atoms in total. The number of ether oxygens (including phenoxy) is 1. The van der Waals surface area contributed by atoms with E-state index in [0.29, 0.717) is 22.3 Å². The van der Waals surface area contributed by atoms with Gasteiger partial charge in [-0.2, -0.15) is 0 Å². The number of halogens is 1. The van der Waals surface area contributed by atoms with Crippen molar-refractivity contribution in [1.29, 1.82) is 0 Å². The fourth-order valence-corrected chi connectivity index (χ4v) is 2.74. The maximum Gasteiger partial charge on any atom is 0.132 e. The van der Waals surface area contributed by atoms with Crippen molar-refractivity contribution < 1.29 is 4.74 Å². The van der Waals surface area contributed by atoms with E-state index in [4.69, 9.17) is 22.1 Å². The summed E-state index contributed by atoms with van der Waals surface area (Å²) in [4.78, 5) is 4.59. The number of methoxy groups -OCH3 is 1. The summed E-state index contributed by atoms with van der Waals surface area (Å²) in [5.74, 6) is 2.12. The van der Waals surface area contributed by atoms with Gasteiger partial charge in [-0.3, -0.25) is 0 Å². The molecule has 5 heteroatoms. The van der Waals surface area contributed by atoms with Crippen LogP contribution in [0.3, 0.4) is 0 Å². The average Bonchev–Trinajstić information content (AvgIpc) is 2.63. The zero-order valence-electron chi connectivity index (χ0n) is 12.5. The third kappa shape index (κ3) is 2.36. The summed E-state index contributed by atoms with van der Waals surface area (Å²) in [6.07, 6.45) is 0. The van der Waals surface area contributed by atoms with E-state index in [0.717, 1.165) is 11.4 Å². The van der Waals surface area contributed by atoms with Gasteiger partial charge < -0.3 is 15.0 Å². The molecule has 0 fully saturated rings. The number of hydrogen-bond acceptors (Lipinski definition) is 3. The zero-order valence-corrected chi connectivity index (χ0v) is 13.2. The van der Waals surface area contributed by atoms with Crippen molar-refractivity contribution in [2.75, 3.05) is 12.8 Å². The number of aromatic nitrogens is 2. The Labute approximate surface area is 124 Å². The average molecular weight is 294 g/mol. The van der Waals surface area contributed by atoms with Crippen LogP contribution in [0.2, 0.25) is 5.02 Å². The minimum absolute atomic E-state index is 0.145. The Balaban J connectivity index is 2.73. The van der Waals surface area contributed by atoms with E-state index in [1.54, 1.807) is 7.11 Å². The van der Waals surface area contributed by atoms with E-state index >= 15 is 0 Å². The van der Waals surface area contributed by atoms with Crippen LogP contribution in [-0.2, 0) is 5.54 Å². The molecule has 1 heterocycles. The van der Waals surface area contributed by atoms with Gasteiger partial charge in [-0.1, -0.05) is 17.7 Å². The van der Waals surface area contributed by atoms with Crippen molar-refractivity contribution in [2.24, 2.45) is 0 Å². The predicted molar refractivity (Wildman–Crippen MR) is 83.4 cm³/mol. The van der Waals surface area contributed by atoms with Gasteiger partial charge in [0.05, 0.1) is 17.7 Å². The number of nitrogens with zero attached hydrogens (tertiary/aromatic N) is 2. The van der Waals surface area contributed by atoms with Gasteiger partial charge in [0.25, 0.3) is 0 Å². The standard InChI is InChI=1S/C15H20ClN3O/c1-9-18-13(14(17)19(9)15(2,3)4)12-10(16)7-6-8-11(12)20-5/h6-8H,17H2,1-5H3. The van der Waals surface area contributed by atoms with Crippen LogP contribution in [0.5, 0.6) is 5.75 Å². The van der Waals surface area contributed by atoms with Crippen LogP contribution in [0, 0.1) is 6.92 Å². The molecule has 0 atom stereocenters. The Hall–Kier alpha value is -1.68. The first-order chi connectivity index (χ1) is 9.27. The topological polar surface area (TPSA) is 53.1 Å². The monoisotopic (exact) mass is 293 g/mol. The van der Waals surface area contributed by atoms with Crippen LogP contribution >= 0.6 is 11.6 Å². The first-order valence-corrected chi connectivity index (χ1v) is 6.83. The largest absolute Gasteiger partial charge is 0.496 e. The van der Waals surface area contributed by atoms with Crippen LogP contribution in [0.25, 0.3) is 11.3 Å². The lowest BCUT2D eigenvalue weighted by Crippen LogP contribution is -2.24. The van der Waals surface area contributed by atoms with E-state index < -0.39 is 0 Å². The van der Waals surface area contributed by atoms with Crippen LogP contribution in [0.15, 0.2) is 18.2 Å². The number of anilines is 1. The van der Waals surface area contributed by atoms with Crippen LogP contribution in [0.4, 0.5) is 5.82 Å². The van der Waals surface area contributed by atoms with Crippen LogP contribution in [0.1, 0.15) is 26.6 Å². The summed E-state index contributed by atoms with van der Waals surface area (Å²) in [6.45, 7) is 8.21. The fraction of sp³-hybridized carbons (Fsp3) is 0.400. The minimum atomic E-state index is -0.145. The Morgan fingerprint density at radius 3 is 2.45 bits per heavy atom. The normalized spacial score (nSPS) is 11.7. The smallest absolute Gasteiger partial charge is 0.132 e. The number of hydrogen-bond donors (Lipinski definition) is 1. The molecular formula is C15H20ClN3O. The van der Waals surface area contributed by atoms with Crippen LogP contribution in [-0.4, -0.2) is 16.7 Å². The minimum Gasteiger partial charge on any atom is -0.496 e. The summed E-state index contributed by atoms with van der Waals surface area (Å²) < 4.78 is 7.39. The van der Waals surface area contributed by atoms with Gasteiger partial charge in [0.2, 0.25) is 0 Å². The Bertz CT molecular complexity index is 641. The summed E-state index contributed by atoms with van der Waals surface area (Å²) >= 11 is 6.31. The van der Waals surface area contributed by atoms with Gasteiger partial charge in [-0.25, -0.2) is 4.98 Å². The molecule has 0 saturated carbocycles. The third-order valence-corrected chi connectivity index (χ3v) is 3.50. The van der Waals surface area contributed by atoms with Crippen LogP contribution < -0.4 is 10.5 Å². The second-order valence-electron chi connectivity index (χ2n) is 5.72. The molecule has 2 rings (SSSR count). The molecule has 0 spiro atoms. The van der Waals surface area contributed by atoms with Crippen molar-refractivity contribution in [1.82, 2.24) is 9.55 Å². The maximum atomic E-state index is 6.31. The lowest BCUT2D eigenvalue weighted by molar-refractivity contribution is 0.393. The van der Waals surface area contributed by atoms with Gasteiger partial charge in [-0.15, -0.1) is 0 Å². The molecule has 0 bridgehead atoms. The molecule has 2 N–H and O–H groups in total. The highest BCUT2D eigenvalue weighted by molar-refractivity contribution is 6.33. The summed E-state index contributed by atoms with van der Waals surface area (Å²) in [5.41, 5.74) is 7.56. The van der Waals surface area contributed by atoms with Gasteiger partial charge in [-0.05, 0) is 39.8 Å². The number of nitrogens with two attached hydrogens (primary N) is 1. The number of imidazole rings is 1. The molecule has 20 heavy (non-hydrogen) atoms. The number of aryl methyl sites for hydroxylation is 1. The molecule has 2 aromatic rings. The quantitative estimate of drug-likeness (QED) is 0.915. The highest BCUT2D eigenvalue weighted by atomic mass is 35.5. The van der Waals surface area contributed by atoms with E-state index in [2.05, 4.69) is 25.8 Å². The van der Waals surface area contributed by atoms with E-state index in [1.807, 2.05) is 29.7 Å². The number of benzene rings is 1. The van der Waals surface area contributed by atoms with Crippen molar-refractivity contribution in [3.63, 3.8) is 0 Å². The first kappa shape index (κ1) is 14.7. The SMILES string of the molecule is COc1cccc(Cl)c1-c1nc(C)n(C(C)(C)C)c1N. The summed E-state index contributed by atoms with van der Waals surface area (Å²) in [5, 5.41) is 0.578.